The van der Waals surface area contributed by atoms with E-state index in [9.17, 15) is 4.79 Å². The van der Waals surface area contributed by atoms with Crippen molar-refractivity contribution in [3.05, 3.63) is 20.8 Å². The highest BCUT2D eigenvalue weighted by Crippen LogP contribution is 2.22. The average molecular weight is 305 g/mol. The summed E-state index contributed by atoms with van der Waals surface area (Å²) in [5, 5.41) is 4.85. The first-order valence-electron chi connectivity index (χ1n) is 5.26. The minimum absolute atomic E-state index is 0.0883. The van der Waals surface area contributed by atoms with Gasteiger partial charge in [-0.3, -0.25) is 4.79 Å². The molecule has 3 N–H and O–H groups in total. The summed E-state index contributed by atoms with van der Waals surface area (Å²) in [6.07, 6.45) is 1.60. The maximum Gasteiger partial charge on any atom is 0.240 e. The van der Waals surface area contributed by atoms with Crippen molar-refractivity contribution in [2.75, 3.05) is 0 Å². The average Bonchev–Trinajstić information content (AvgIpc) is 2.60. The van der Waals surface area contributed by atoms with Crippen LogP contribution in [0.4, 0.5) is 0 Å². The molecule has 0 saturated heterocycles. The molecule has 3 nitrogen and oxygen atoms in total. The lowest BCUT2D eigenvalue weighted by Crippen LogP contribution is -2.51. The van der Waals surface area contributed by atoms with E-state index in [1.165, 1.54) is 0 Å². The van der Waals surface area contributed by atoms with Crippen molar-refractivity contribution >= 4 is 33.2 Å². The van der Waals surface area contributed by atoms with Crippen LogP contribution in [-0.2, 0) is 11.3 Å². The Labute approximate surface area is 109 Å². The van der Waals surface area contributed by atoms with Gasteiger partial charge < -0.3 is 11.1 Å². The van der Waals surface area contributed by atoms with E-state index in [2.05, 4.69) is 21.2 Å². The molecule has 0 saturated carbocycles. The van der Waals surface area contributed by atoms with Crippen molar-refractivity contribution in [3.63, 3.8) is 0 Å². The smallest absolute Gasteiger partial charge is 0.240 e. The van der Waals surface area contributed by atoms with Crippen LogP contribution in [0, 0.1) is 0 Å². The maximum atomic E-state index is 11.8. The first-order chi connectivity index (χ1) is 7.47. The number of thiophene rings is 1. The number of hydrogen-bond acceptors (Lipinski definition) is 3. The summed E-state index contributed by atoms with van der Waals surface area (Å²) < 4.78 is 1.03. The van der Waals surface area contributed by atoms with Crippen molar-refractivity contribution < 1.29 is 4.79 Å². The Hall–Kier alpha value is -0.390. The molecule has 0 aliphatic rings. The highest BCUT2D eigenvalue weighted by atomic mass is 79.9. The van der Waals surface area contributed by atoms with E-state index in [1.807, 2.05) is 18.4 Å². The van der Waals surface area contributed by atoms with Crippen LogP contribution in [0.1, 0.15) is 31.6 Å². The Morgan fingerprint density at radius 1 is 1.69 bits per heavy atom. The lowest BCUT2D eigenvalue weighted by Gasteiger charge is -2.22. The molecule has 1 rings (SSSR count). The van der Waals surface area contributed by atoms with Crippen molar-refractivity contribution in [2.45, 2.75) is 38.8 Å². The fourth-order valence-corrected chi connectivity index (χ4v) is 2.88. The van der Waals surface area contributed by atoms with E-state index in [-0.39, 0.29) is 5.91 Å². The van der Waals surface area contributed by atoms with E-state index >= 15 is 0 Å². The number of rotatable bonds is 5. The minimum Gasteiger partial charge on any atom is -0.350 e. The Morgan fingerprint density at radius 3 is 2.88 bits per heavy atom. The van der Waals surface area contributed by atoms with E-state index in [4.69, 9.17) is 5.73 Å². The largest absolute Gasteiger partial charge is 0.350 e. The fraction of sp³-hybridized carbons (Fsp3) is 0.545. The summed E-state index contributed by atoms with van der Waals surface area (Å²) in [6.45, 7) is 4.33. The molecule has 0 aliphatic carbocycles. The van der Waals surface area contributed by atoms with Crippen molar-refractivity contribution in [1.82, 2.24) is 5.32 Å². The van der Waals surface area contributed by atoms with Gasteiger partial charge in [0.1, 0.15) is 0 Å². The predicted molar refractivity (Wildman–Crippen MR) is 71.4 cm³/mol. The van der Waals surface area contributed by atoms with Gasteiger partial charge >= 0.3 is 0 Å². The monoisotopic (exact) mass is 304 g/mol. The second kappa shape index (κ2) is 5.80. The Kier molecular flexibility index (Phi) is 4.95. The Balaban J connectivity index is 2.50. The molecule has 5 heteroatoms. The zero-order valence-electron chi connectivity index (χ0n) is 9.55. The molecular formula is C11H17BrN2OS. The van der Waals surface area contributed by atoms with Gasteiger partial charge in [-0.2, -0.15) is 0 Å². The van der Waals surface area contributed by atoms with Crippen LogP contribution in [0.15, 0.2) is 15.9 Å². The van der Waals surface area contributed by atoms with Crippen molar-refractivity contribution in [3.8, 4) is 0 Å². The predicted octanol–water partition coefficient (Wildman–Crippen LogP) is 2.64. The zero-order valence-corrected chi connectivity index (χ0v) is 12.0. The van der Waals surface area contributed by atoms with Crippen molar-refractivity contribution in [2.24, 2.45) is 5.73 Å². The van der Waals surface area contributed by atoms with Gasteiger partial charge in [-0.05, 0) is 40.7 Å². The molecule has 0 fully saturated rings. The molecule has 1 unspecified atom stereocenters. The second-order valence-corrected chi connectivity index (χ2v) is 5.90. The number of nitrogens with one attached hydrogen (secondary N) is 1. The third-order valence-electron chi connectivity index (χ3n) is 2.39. The summed E-state index contributed by atoms with van der Waals surface area (Å²) in [4.78, 5) is 12.9. The Morgan fingerprint density at radius 2 is 2.38 bits per heavy atom. The SMILES string of the molecule is CCCC(C)(N)C(=O)NCc1sccc1Br. The molecule has 1 aromatic heterocycles. The van der Waals surface area contributed by atoms with Gasteiger partial charge in [0.25, 0.3) is 0 Å². The first-order valence-corrected chi connectivity index (χ1v) is 6.93. The van der Waals surface area contributed by atoms with Gasteiger partial charge in [-0.1, -0.05) is 13.3 Å². The van der Waals surface area contributed by atoms with E-state index in [1.54, 1.807) is 18.3 Å². The van der Waals surface area contributed by atoms with Gasteiger partial charge in [0, 0.05) is 9.35 Å². The molecule has 1 aromatic rings. The highest BCUT2D eigenvalue weighted by molar-refractivity contribution is 9.10. The highest BCUT2D eigenvalue weighted by Gasteiger charge is 2.26. The van der Waals surface area contributed by atoms with Crippen LogP contribution >= 0.6 is 27.3 Å². The molecular weight excluding hydrogens is 288 g/mol. The van der Waals surface area contributed by atoms with E-state index in [0.29, 0.717) is 13.0 Å². The van der Waals surface area contributed by atoms with Crippen LogP contribution in [0.3, 0.4) is 0 Å². The number of halogens is 1. The maximum absolute atomic E-state index is 11.8. The summed E-state index contributed by atoms with van der Waals surface area (Å²) >= 11 is 5.04. The molecule has 1 atom stereocenters. The van der Waals surface area contributed by atoms with Crippen molar-refractivity contribution in [1.29, 1.82) is 0 Å². The topological polar surface area (TPSA) is 55.1 Å². The summed E-state index contributed by atoms with van der Waals surface area (Å²) in [7, 11) is 0. The minimum atomic E-state index is -0.765. The number of nitrogens with two attached hydrogens (primary N) is 1. The molecule has 0 bridgehead atoms. The zero-order chi connectivity index (χ0) is 12.2. The number of hydrogen-bond donors (Lipinski definition) is 2. The molecule has 90 valence electrons. The lowest BCUT2D eigenvalue weighted by molar-refractivity contribution is -0.126. The van der Waals surface area contributed by atoms with Crippen LogP contribution in [0.25, 0.3) is 0 Å². The third kappa shape index (κ3) is 3.57. The van der Waals surface area contributed by atoms with E-state index < -0.39 is 5.54 Å². The van der Waals surface area contributed by atoms with Crippen LogP contribution in [0.5, 0.6) is 0 Å². The summed E-state index contributed by atoms with van der Waals surface area (Å²) in [5.41, 5.74) is 5.16. The van der Waals surface area contributed by atoms with Crippen LogP contribution in [0.2, 0.25) is 0 Å². The third-order valence-corrected chi connectivity index (χ3v) is 4.31. The molecule has 1 amide bonds. The Bertz CT molecular complexity index is 363. The summed E-state index contributed by atoms with van der Waals surface area (Å²) in [5.74, 6) is -0.0883. The lowest BCUT2D eigenvalue weighted by atomic mass is 9.96. The quantitative estimate of drug-likeness (QED) is 0.878. The van der Waals surface area contributed by atoms with Gasteiger partial charge in [0.05, 0.1) is 12.1 Å². The molecule has 0 aromatic carbocycles. The van der Waals surface area contributed by atoms with Crippen LogP contribution < -0.4 is 11.1 Å². The second-order valence-electron chi connectivity index (χ2n) is 4.04. The molecule has 16 heavy (non-hydrogen) atoms. The standard InChI is InChI=1S/C11H17BrN2OS/c1-3-5-11(2,13)10(15)14-7-9-8(12)4-6-16-9/h4,6H,3,5,7,13H2,1-2H3,(H,14,15). The molecule has 0 radical (unpaired) electrons. The van der Waals surface area contributed by atoms with Gasteiger partial charge in [-0.25, -0.2) is 0 Å². The normalized spacial score (nSPS) is 14.5. The molecule has 1 heterocycles. The summed E-state index contributed by atoms with van der Waals surface area (Å²) in [6, 6.07) is 1.97. The van der Waals surface area contributed by atoms with Gasteiger partial charge in [0.2, 0.25) is 5.91 Å². The van der Waals surface area contributed by atoms with Crippen LogP contribution in [-0.4, -0.2) is 11.4 Å². The van der Waals surface area contributed by atoms with E-state index in [0.717, 1.165) is 15.8 Å². The molecule has 0 aliphatic heterocycles. The number of amides is 1. The van der Waals surface area contributed by atoms with Gasteiger partial charge in [0.15, 0.2) is 0 Å². The first kappa shape index (κ1) is 13.7. The number of carbonyl (C=O) groups is 1. The number of carbonyl (C=O) groups excluding carboxylic acids is 1. The van der Waals surface area contributed by atoms with Gasteiger partial charge in [-0.15, -0.1) is 11.3 Å². The molecule has 0 spiro atoms. The fourth-order valence-electron chi connectivity index (χ4n) is 1.45.